The molecule has 1 aromatic rings. The Hall–Kier alpha value is -1.07. The minimum absolute atomic E-state index is 0.0486. The van der Waals surface area contributed by atoms with Gasteiger partial charge in [0.2, 0.25) is 10.0 Å². The third-order valence-corrected chi connectivity index (χ3v) is 2.25. The summed E-state index contributed by atoms with van der Waals surface area (Å²) in [6.07, 6.45) is 0. The first kappa shape index (κ1) is 9.02. The lowest BCUT2D eigenvalue weighted by Gasteiger charge is -2.04. The molecule has 0 aromatic heterocycles. The molecular formula is C7H8NO3S. The molecule has 1 radical (unpaired) electrons. The van der Waals surface area contributed by atoms with Crippen LogP contribution in [0.5, 0.6) is 5.75 Å². The number of hydrogen-bond donors (Lipinski definition) is 1. The Balaban J connectivity index is 3.33. The zero-order chi connectivity index (χ0) is 9.19. The maximum atomic E-state index is 10.9. The zero-order valence-corrected chi connectivity index (χ0v) is 7.26. The average molecular weight is 186 g/mol. The standard InChI is InChI=1S/C7H8NO3S/c1-11-6-4-2-3-5-7(6)12(8,9)10/h2,4-5H,1H3,(H2,8,9,10). The number of ether oxygens (including phenoxy) is 1. The summed E-state index contributed by atoms with van der Waals surface area (Å²) < 4.78 is 26.6. The Morgan fingerprint density at radius 3 is 2.67 bits per heavy atom. The summed E-state index contributed by atoms with van der Waals surface area (Å²) in [6.45, 7) is 0. The van der Waals surface area contributed by atoms with Crippen molar-refractivity contribution in [2.45, 2.75) is 4.90 Å². The smallest absolute Gasteiger partial charge is 0.241 e. The van der Waals surface area contributed by atoms with Gasteiger partial charge in [-0.25, -0.2) is 13.6 Å². The normalized spacial score (nSPS) is 11.2. The predicted octanol–water partition coefficient (Wildman–Crippen LogP) is 0.143. The van der Waals surface area contributed by atoms with Crippen molar-refractivity contribution in [2.75, 3.05) is 7.11 Å². The molecule has 0 bridgehead atoms. The topological polar surface area (TPSA) is 69.4 Å². The van der Waals surface area contributed by atoms with Crippen LogP contribution in [0.4, 0.5) is 0 Å². The van der Waals surface area contributed by atoms with E-state index in [4.69, 9.17) is 9.88 Å². The highest BCUT2D eigenvalue weighted by Crippen LogP contribution is 2.20. The van der Waals surface area contributed by atoms with E-state index < -0.39 is 10.0 Å². The molecule has 1 aromatic carbocycles. The number of methoxy groups -OCH3 is 1. The maximum absolute atomic E-state index is 10.9. The number of sulfonamides is 1. The van der Waals surface area contributed by atoms with Crippen molar-refractivity contribution in [2.24, 2.45) is 5.14 Å². The third-order valence-electron chi connectivity index (χ3n) is 1.31. The molecule has 0 heterocycles. The fourth-order valence-electron chi connectivity index (χ4n) is 0.792. The lowest BCUT2D eigenvalue weighted by molar-refractivity contribution is 0.402. The zero-order valence-electron chi connectivity index (χ0n) is 6.44. The van der Waals surface area contributed by atoms with E-state index in [1.165, 1.54) is 19.2 Å². The van der Waals surface area contributed by atoms with Gasteiger partial charge in [0.1, 0.15) is 10.6 Å². The lowest BCUT2D eigenvalue weighted by atomic mass is 10.3. The molecule has 0 aliphatic rings. The van der Waals surface area contributed by atoms with Crippen molar-refractivity contribution >= 4 is 10.0 Å². The average Bonchev–Trinajstić information content (AvgIpc) is 2.03. The highest BCUT2D eigenvalue weighted by atomic mass is 32.2. The van der Waals surface area contributed by atoms with Gasteiger partial charge < -0.3 is 4.74 Å². The molecule has 0 unspecified atom stereocenters. The van der Waals surface area contributed by atoms with E-state index in [0.29, 0.717) is 0 Å². The molecule has 0 fully saturated rings. The first-order valence-corrected chi connectivity index (χ1v) is 4.67. The molecule has 0 saturated carbocycles. The van der Waals surface area contributed by atoms with Gasteiger partial charge in [0, 0.05) is 0 Å². The van der Waals surface area contributed by atoms with Crippen molar-refractivity contribution in [3.63, 3.8) is 0 Å². The number of rotatable bonds is 2. The Kier molecular flexibility index (Phi) is 2.35. The van der Waals surface area contributed by atoms with E-state index in [1.54, 1.807) is 6.07 Å². The van der Waals surface area contributed by atoms with Crippen LogP contribution in [0.1, 0.15) is 0 Å². The van der Waals surface area contributed by atoms with Crippen LogP contribution < -0.4 is 9.88 Å². The van der Waals surface area contributed by atoms with E-state index in [1.807, 2.05) is 0 Å². The van der Waals surface area contributed by atoms with Crippen LogP contribution in [0, 0.1) is 6.07 Å². The lowest BCUT2D eigenvalue weighted by Crippen LogP contribution is -2.13. The van der Waals surface area contributed by atoms with E-state index in [9.17, 15) is 8.42 Å². The van der Waals surface area contributed by atoms with E-state index >= 15 is 0 Å². The molecule has 0 aliphatic carbocycles. The fourth-order valence-corrected chi connectivity index (χ4v) is 1.46. The van der Waals surface area contributed by atoms with Gasteiger partial charge in [-0.3, -0.25) is 0 Å². The van der Waals surface area contributed by atoms with Gasteiger partial charge in [0.05, 0.1) is 7.11 Å². The molecule has 1 rings (SSSR count). The van der Waals surface area contributed by atoms with E-state index in [-0.39, 0.29) is 10.6 Å². The summed E-state index contributed by atoms with van der Waals surface area (Å²) in [5.74, 6) is 0.233. The first-order chi connectivity index (χ1) is 5.55. The van der Waals surface area contributed by atoms with Crippen LogP contribution in [0.25, 0.3) is 0 Å². The van der Waals surface area contributed by atoms with Crippen LogP contribution in [-0.4, -0.2) is 15.5 Å². The first-order valence-electron chi connectivity index (χ1n) is 3.12. The second kappa shape index (κ2) is 3.12. The van der Waals surface area contributed by atoms with Gasteiger partial charge in [-0.15, -0.1) is 0 Å². The number of benzene rings is 1. The Bertz CT molecular complexity index is 372. The highest BCUT2D eigenvalue weighted by molar-refractivity contribution is 7.89. The van der Waals surface area contributed by atoms with Gasteiger partial charge in [0.15, 0.2) is 0 Å². The van der Waals surface area contributed by atoms with Crippen LogP contribution in [0.15, 0.2) is 23.1 Å². The van der Waals surface area contributed by atoms with Crippen LogP contribution >= 0.6 is 0 Å². The van der Waals surface area contributed by atoms with Gasteiger partial charge in [-0.2, -0.15) is 0 Å². The molecule has 12 heavy (non-hydrogen) atoms. The molecule has 0 amide bonds. The highest BCUT2D eigenvalue weighted by Gasteiger charge is 2.12. The summed E-state index contributed by atoms with van der Waals surface area (Å²) >= 11 is 0. The minimum Gasteiger partial charge on any atom is -0.495 e. The van der Waals surface area contributed by atoms with Crippen LogP contribution in [0.3, 0.4) is 0 Å². The van der Waals surface area contributed by atoms with E-state index in [2.05, 4.69) is 6.07 Å². The largest absolute Gasteiger partial charge is 0.495 e. The minimum atomic E-state index is -3.70. The molecule has 0 aliphatic heterocycles. The Morgan fingerprint density at radius 2 is 2.25 bits per heavy atom. The SMILES string of the molecule is COc1cc[c]cc1S(N)(=O)=O. The quantitative estimate of drug-likeness (QED) is 0.714. The van der Waals surface area contributed by atoms with Gasteiger partial charge in [0.25, 0.3) is 0 Å². The second-order valence-electron chi connectivity index (χ2n) is 2.12. The molecular weight excluding hydrogens is 178 g/mol. The van der Waals surface area contributed by atoms with Gasteiger partial charge in [-0.05, 0) is 18.2 Å². The third kappa shape index (κ3) is 1.75. The summed E-state index contributed by atoms with van der Waals surface area (Å²) in [4.78, 5) is -0.0486. The molecule has 4 nitrogen and oxygen atoms in total. The van der Waals surface area contributed by atoms with Crippen molar-refractivity contribution < 1.29 is 13.2 Å². The van der Waals surface area contributed by atoms with Gasteiger partial charge >= 0.3 is 0 Å². The number of hydrogen-bond acceptors (Lipinski definition) is 3. The molecule has 2 N–H and O–H groups in total. The van der Waals surface area contributed by atoms with E-state index in [0.717, 1.165) is 0 Å². The van der Waals surface area contributed by atoms with Gasteiger partial charge in [-0.1, -0.05) is 6.07 Å². The number of nitrogens with two attached hydrogens (primary N) is 1. The Morgan fingerprint density at radius 1 is 1.58 bits per heavy atom. The summed E-state index contributed by atoms with van der Waals surface area (Å²) in [7, 11) is -2.32. The predicted molar refractivity (Wildman–Crippen MR) is 43.2 cm³/mol. The van der Waals surface area contributed by atoms with Crippen molar-refractivity contribution in [1.82, 2.24) is 0 Å². The second-order valence-corrected chi connectivity index (χ2v) is 3.65. The summed E-state index contributed by atoms with van der Waals surface area (Å²) in [5, 5.41) is 4.91. The molecule has 5 heteroatoms. The summed E-state index contributed by atoms with van der Waals surface area (Å²) in [5.41, 5.74) is 0. The molecule has 65 valence electrons. The Labute approximate surface area is 71.0 Å². The van der Waals surface area contributed by atoms with Crippen molar-refractivity contribution in [1.29, 1.82) is 0 Å². The van der Waals surface area contributed by atoms with Crippen LogP contribution in [0.2, 0.25) is 0 Å². The number of primary sulfonamides is 1. The molecule has 0 atom stereocenters. The molecule has 0 spiro atoms. The maximum Gasteiger partial charge on any atom is 0.241 e. The fraction of sp³-hybridized carbons (Fsp3) is 0.143. The molecule has 0 saturated heterocycles. The summed E-state index contributed by atoms with van der Waals surface area (Å²) in [6, 6.07) is 6.91. The monoisotopic (exact) mass is 186 g/mol. The van der Waals surface area contributed by atoms with Crippen molar-refractivity contribution in [3.8, 4) is 5.75 Å². The van der Waals surface area contributed by atoms with Crippen molar-refractivity contribution in [3.05, 3.63) is 24.3 Å². The van der Waals surface area contributed by atoms with Crippen LogP contribution in [-0.2, 0) is 10.0 Å².